The first-order valence-corrected chi connectivity index (χ1v) is 11.5. The zero-order chi connectivity index (χ0) is 26.2. The van der Waals surface area contributed by atoms with Crippen molar-refractivity contribution in [2.45, 2.75) is 19.8 Å². The number of benzene rings is 2. The molecule has 1 aliphatic heterocycles. The van der Waals surface area contributed by atoms with Crippen molar-refractivity contribution < 1.29 is 13.6 Å². The van der Waals surface area contributed by atoms with E-state index >= 15 is 0 Å². The van der Waals surface area contributed by atoms with Crippen LogP contribution in [0.25, 0.3) is 5.69 Å². The number of amides is 1. The van der Waals surface area contributed by atoms with Crippen LogP contribution in [0.1, 0.15) is 35.8 Å². The highest BCUT2D eigenvalue weighted by Gasteiger charge is 2.23. The van der Waals surface area contributed by atoms with Gasteiger partial charge >= 0.3 is 0 Å². The minimum absolute atomic E-state index is 0.185. The lowest BCUT2D eigenvalue weighted by Crippen LogP contribution is -2.27. The molecule has 0 aliphatic carbocycles. The summed E-state index contributed by atoms with van der Waals surface area (Å²) >= 11 is 0. The summed E-state index contributed by atoms with van der Waals surface area (Å²) in [6, 6.07) is 8.81. The van der Waals surface area contributed by atoms with Gasteiger partial charge in [0.1, 0.15) is 11.4 Å². The highest BCUT2D eigenvalue weighted by atomic mass is 19.1. The molecule has 1 saturated heterocycles. The van der Waals surface area contributed by atoms with Crippen LogP contribution in [0, 0.1) is 11.6 Å². The lowest BCUT2D eigenvalue weighted by Gasteiger charge is -2.25. The van der Waals surface area contributed by atoms with Crippen LogP contribution in [-0.2, 0) is 0 Å². The van der Waals surface area contributed by atoms with Gasteiger partial charge in [-0.1, -0.05) is 6.07 Å². The van der Waals surface area contributed by atoms with Gasteiger partial charge in [-0.15, -0.1) is 0 Å². The molecule has 2 aromatic carbocycles. The monoisotopic (exact) mass is 497 g/mol. The molecule has 190 valence electrons. The van der Waals surface area contributed by atoms with E-state index in [2.05, 4.69) is 26.0 Å². The first kappa shape index (κ1) is 26.5. The van der Waals surface area contributed by atoms with Gasteiger partial charge in [0.2, 0.25) is 0 Å². The maximum Gasteiger partial charge on any atom is 0.276 e. The first-order valence-electron chi connectivity index (χ1n) is 11.5. The molecule has 1 amide bonds. The Balaban J connectivity index is 0.00000176. The summed E-state index contributed by atoms with van der Waals surface area (Å²) in [5.41, 5.74) is 11.6. The summed E-state index contributed by atoms with van der Waals surface area (Å²) in [7, 11) is 1.50. The molecule has 0 saturated carbocycles. The number of carbonyl (C=O) groups is 1. The molecule has 3 aromatic rings. The molecule has 36 heavy (non-hydrogen) atoms. The van der Waals surface area contributed by atoms with Gasteiger partial charge in [0.15, 0.2) is 11.6 Å². The number of hydrogen-bond acceptors (Lipinski definition) is 7. The average Bonchev–Trinajstić information content (AvgIpc) is 3.41. The molecular formula is C25H29F2N7O2. The summed E-state index contributed by atoms with van der Waals surface area (Å²) in [5.74, 6) is -2.59. The van der Waals surface area contributed by atoms with Gasteiger partial charge < -0.3 is 21.7 Å². The fourth-order valence-electron chi connectivity index (χ4n) is 3.89. The van der Waals surface area contributed by atoms with E-state index in [0.717, 1.165) is 49.8 Å². The van der Waals surface area contributed by atoms with Crippen molar-refractivity contribution in [3.63, 3.8) is 0 Å². The topological polar surface area (TPSA) is 132 Å². The molecule has 0 radical (unpaired) electrons. The van der Waals surface area contributed by atoms with Crippen molar-refractivity contribution in [2.75, 3.05) is 42.6 Å². The highest BCUT2D eigenvalue weighted by Crippen LogP contribution is 2.35. The van der Waals surface area contributed by atoms with E-state index in [0.29, 0.717) is 28.2 Å². The Morgan fingerprint density at radius 1 is 1.08 bits per heavy atom. The lowest BCUT2D eigenvalue weighted by atomic mass is 10.1. The predicted octanol–water partition coefficient (Wildman–Crippen LogP) is 2.96. The van der Waals surface area contributed by atoms with Crippen LogP contribution in [0.2, 0.25) is 0 Å². The number of nitrogens with one attached hydrogen (secondary N) is 1. The largest absolute Gasteiger partial charge is 0.398 e. The fraction of sp³-hybridized carbons (Fsp3) is 0.280. The number of rotatable bonds is 6. The number of para-hydroxylation sites is 1. The highest BCUT2D eigenvalue weighted by molar-refractivity contribution is 6.08. The maximum atomic E-state index is 14.2. The number of halogens is 2. The molecule has 0 unspecified atom stereocenters. The average molecular weight is 498 g/mol. The molecule has 2 heterocycles. The molecule has 0 atom stereocenters. The van der Waals surface area contributed by atoms with Crippen molar-refractivity contribution in [1.82, 2.24) is 9.78 Å². The summed E-state index contributed by atoms with van der Waals surface area (Å²) < 4.78 is 29.0. The SMILES string of the molecule is CCN=Cc1c(N)ccc(NC(=O)c2ccc(=O)n(-c3c(F)cccc3F)n2)c1N1CCCC1.CN. The summed E-state index contributed by atoms with van der Waals surface area (Å²) in [6.45, 7) is 4.09. The molecule has 5 N–H and O–H groups in total. The Hall–Kier alpha value is -4.12. The third-order valence-corrected chi connectivity index (χ3v) is 5.51. The van der Waals surface area contributed by atoms with E-state index < -0.39 is 28.8 Å². The van der Waals surface area contributed by atoms with E-state index in [9.17, 15) is 18.4 Å². The smallest absolute Gasteiger partial charge is 0.276 e. The molecule has 1 aromatic heterocycles. The van der Waals surface area contributed by atoms with Gasteiger partial charge in [0, 0.05) is 43.2 Å². The molecule has 4 rings (SSSR count). The number of nitrogens with two attached hydrogens (primary N) is 2. The normalized spacial score (nSPS) is 13.0. The second-order valence-electron chi connectivity index (χ2n) is 7.78. The van der Waals surface area contributed by atoms with Gasteiger partial charge in [-0.3, -0.25) is 14.6 Å². The van der Waals surface area contributed by atoms with Crippen molar-refractivity contribution in [1.29, 1.82) is 0 Å². The van der Waals surface area contributed by atoms with Crippen LogP contribution in [-0.4, -0.2) is 48.6 Å². The van der Waals surface area contributed by atoms with Crippen LogP contribution < -0.4 is 27.2 Å². The van der Waals surface area contributed by atoms with Gasteiger partial charge in [0.05, 0.1) is 11.4 Å². The molecule has 0 bridgehead atoms. The Bertz CT molecular complexity index is 1300. The third-order valence-electron chi connectivity index (χ3n) is 5.51. The van der Waals surface area contributed by atoms with Crippen molar-refractivity contribution in [3.05, 3.63) is 75.7 Å². The first-order chi connectivity index (χ1) is 17.4. The van der Waals surface area contributed by atoms with Crippen LogP contribution >= 0.6 is 0 Å². The van der Waals surface area contributed by atoms with Crippen molar-refractivity contribution >= 4 is 29.2 Å². The molecule has 0 spiro atoms. The third kappa shape index (κ3) is 5.57. The predicted molar refractivity (Wildman–Crippen MR) is 138 cm³/mol. The Labute approximate surface area is 207 Å². The van der Waals surface area contributed by atoms with E-state index in [1.54, 1.807) is 18.3 Å². The minimum Gasteiger partial charge on any atom is -0.398 e. The van der Waals surface area contributed by atoms with E-state index in [4.69, 9.17) is 5.73 Å². The summed E-state index contributed by atoms with van der Waals surface area (Å²) in [4.78, 5) is 31.8. The van der Waals surface area contributed by atoms with Gasteiger partial charge in [-0.05, 0) is 57.1 Å². The molecule has 11 heteroatoms. The van der Waals surface area contributed by atoms with Crippen LogP contribution in [0.15, 0.2) is 52.3 Å². The fourth-order valence-corrected chi connectivity index (χ4v) is 3.89. The van der Waals surface area contributed by atoms with E-state index in [-0.39, 0.29) is 5.69 Å². The second-order valence-corrected chi connectivity index (χ2v) is 7.78. The zero-order valence-corrected chi connectivity index (χ0v) is 20.2. The van der Waals surface area contributed by atoms with Crippen LogP contribution in [0.4, 0.5) is 25.8 Å². The number of aliphatic imine (C=N–C) groups is 1. The van der Waals surface area contributed by atoms with E-state index in [1.165, 1.54) is 19.2 Å². The number of carbonyl (C=O) groups excluding carboxylic acids is 1. The summed E-state index contributed by atoms with van der Waals surface area (Å²) in [6.07, 6.45) is 3.71. The van der Waals surface area contributed by atoms with Crippen LogP contribution in [0.3, 0.4) is 0 Å². The van der Waals surface area contributed by atoms with E-state index in [1.807, 2.05) is 6.92 Å². The number of nitrogens with zero attached hydrogens (tertiary/aromatic N) is 4. The Morgan fingerprint density at radius 2 is 1.75 bits per heavy atom. The van der Waals surface area contributed by atoms with Gasteiger partial charge in [-0.2, -0.15) is 9.78 Å². The Morgan fingerprint density at radius 3 is 2.39 bits per heavy atom. The number of nitrogen functional groups attached to an aromatic ring is 1. The van der Waals surface area contributed by atoms with Crippen molar-refractivity contribution in [2.24, 2.45) is 10.7 Å². The standard InChI is InChI=1S/C24H24F2N6O2.CH5N/c1-2-28-14-15-18(27)8-9-19(22(15)31-12-3-4-13-31)29-24(34)20-10-11-21(33)32(30-20)23-16(25)6-5-7-17(23)26;1-2/h5-11,14H,2-4,12-13,27H2,1H3,(H,29,34);2H2,1H3. The second kappa shape index (κ2) is 12.0. The van der Waals surface area contributed by atoms with Gasteiger partial charge in [0.25, 0.3) is 11.5 Å². The summed E-state index contributed by atoms with van der Waals surface area (Å²) in [5, 5.41) is 6.74. The maximum absolute atomic E-state index is 14.2. The van der Waals surface area contributed by atoms with Crippen LogP contribution in [0.5, 0.6) is 0 Å². The Kier molecular flexibility index (Phi) is 8.85. The molecule has 1 fully saturated rings. The quantitative estimate of drug-likeness (QED) is 0.354. The lowest BCUT2D eigenvalue weighted by molar-refractivity contribution is 0.102. The molecular weight excluding hydrogens is 468 g/mol. The molecule has 1 aliphatic rings. The number of aromatic nitrogens is 2. The van der Waals surface area contributed by atoms with Crippen molar-refractivity contribution in [3.8, 4) is 5.69 Å². The number of hydrogen-bond donors (Lipinski definition) is 3. The number of anilines is 3. The zero-order valence-electron chi connectivity index (χ0n) is 20.2. The van der Waals surface area contributed by atoms with Gasteiger partial charge in [-0.25, -0.2) is 8.78 Å². The molecule has 9 nitrogen and oxygen atoms in total. The minimum atomic E-state index is -0.970.